The Kier molecular flexibility index (Phi) is 4.66. The van der Waals surface area contributed by atoms with Crippen molar-refractivity contribution < 1.29 is 9.84 Å². The molecule has 1 saturated heterocycles. The van der Waals surface area contributed by atoms with Gasteiger partial charge in [-0.3, -0.25) is 0 Å². The van der Waals surface area contributed by atoms with Gasteiger partial charge in [0.25, 0.3) is 0 Å². The molecule has 1 aliphatic rings. The van der Waals surface area contributed by atoms with Crippen LogP contribution >= 0.6 is 11.3 Å². The maximum absolute atomic E-state index is 10.6. The third-order valence-corrected chi connectivity index (χ3v) is 4.88. The van der Waals surface area contributed by atoms with Crippen LogP contribution < -0.4 is 5.32 Å². The standard InChI is InChI=1S/C15H25NO2S/c1-12(13-5-4-10-19-13)16-8-6-15(17)7-9-18-14(2,3)11-15/h4-5,10,12,16-17H,6-9,11H2,1-3H3/t12-,15+/m0/s1. The SMILES string of the molecule is C[C@H](NCC[C@@]1(O)CCOC(C)(C)C1)c1cccs1. The van der Waals surface area contributed by atoms with Gasteiger partial charge in [0.15, 0.2) is 0 Å². The summed E-state index contributed by atoms with van der Waals surface area (Å²) in [7, 11) is 0. The van der Waals surface area contributed by atoms with Crippen molar-refractivity contribution in [3.63, 3.8) is 0 Å². The number of hydrogen-bond acceptors (Lipinski definition) is 4. The molecule has 0 aliphatic carbocycles. The van der Waals surface area contributed by atoms with Crippen LogP contribution in [0, 0.1) is 0 Å². The Balaban J connectivity index is 1.78. The number of aliphatic hydroxyl groups is 1. The van der Waals surface area contributed by atoms with E-state index in [0.29, 0.717) is 12.6 Å². The van der Waals surface area contributed by atoms with Crippen LogP contribution in [0.3, 0.4) is 0 Å². The molecule has 19 heavy (non-hydrogen) atoms. The summed E-state index contributed by atoms with van der Waals surface area (Å²) in [5.74, 6) is 0. The normalized spacial score (nSPS) is 28.2. The number of thiophene rings is 1. The fourth-order valence-corrected chi connectivity index (χ4v) is 3.58. The van der Waals surface area contributed by atoms with Crippen molar-refractivity contribution in [1.82, 2.24) is 5.32 Å². The minimum atomic E-state index is -0.579. The summed E-state index contributed by atoms with van der Waals surface area (Å²) >= 11 is 1.77. The minimum Gasteiger partial charge on any atom is -0.390 e. The summed E-state index contributed by atoms with van der Waals surface area (Å²) in [6.45, 7) is 7.77. The van der Waals surface area contributed by atoms with Gasteiger partial charge in [-0.1, -0.05) is 6.07 Å². The van der Waals surface area contributed by atoms with Gasteiger partial charge in [-0.2, -0.15) is 0 Å². The van der Waals surface area contributed by atoms with Gasteiger partial charge in [0.05, 0.1) is 17.8 Å². The van der Waals surface area contributed by atoms with E-state index in [1.165, 1.54) is 4.88 Å². The Bertz CT molecular complexity index is 391. The lowest BCUT2D eigenvalue weighted by Crippen LogP contribution is -2.47. The monoisotopic (exact) mass is 283 g/mol. The molecule has 2 heterocycles. The first-order valence-electron chi connectivity index (χ1n) is 7.03. The van der Waals surface area contributed by atoms with E-state index < -0.39 is 5.60 Å². The van der Waals surface area contributed by atoms with Gasteiger partial charge in [0.2, 0.25) is 0 Å². The van der Waals surface area contributed by atoms with E-state index in [9.17, 15) is 5.11 Å². The highest BCUT2D eigenvalue weighted by molar-refractivity contribution is 7.10. The molecule has 0 spiro atoms. The van der Waals surface area contributed by atoms with E-state index in [0.717, 1.165) is 25.8 Å². The first kappa shape index (κ1) is 15.0. The third kappa shape index (κ3) is 4.28. The van der Waals surface area contributed by atoms with Crippen molar-refractivity contribution in [2.75, 3.05) is 13.2 Å². The van der Waals surface area contributed by atoms with E-state index in [4.69, 9.17) is 4.74 Å². The summed E-state index contributed by atoms with van der Waals surface area (Å²) in [5.41, 5.74) is -0.781. The van der Waals surface area contributed by atoms with Gasteiger partial charge < -0.3 is 15.2 Å². The Morgan fingerprint density at radius 2 is 2.32 bits per heavy atom. The maximum atomic E-state index is 10.6. The zero-order valence-corrected chi connectivity index (χ0v) is 12.9. The van der Waals surface area contributed by atoms with Crippen LogP contribution in [0.4, 0.5) is 0 Å². The minimum absolute atomic E-state index is 0.202. The lowest BCUT2D eigenvalue weighted by molar-refractivity contribution is -0.146. The zero-order valence-electron chi connectivity index (χ0n) is 12.1. The Hall–Kier alpha value is -0.420. The van der Waals surface area contributed by atoms with E-state index in [1.807, 2.05) is 0 Å². The van der Waals surface area contributed by atoms with Crippen molar-refractivity contribution in [3.05, 3.63) is 22.4 Å². The molecule has 108 valence electrons. The van der Waals surface area contributed by atoms with Gasteiger partial charge in [0.1, 0.15) is 0 Å². The van der Waals surface area contributed by atoms with Crippen molar-refractivity contribution in [3.8, 4) is 0 Å². The zero-order chi connectivity index (χ0) is 13.9. The predicted molar refractivity (Wildman–Crippen MR) is 79.6 cm³/mol. The van der Waals surface area contributed by atoms with Gasteiger partial charge in [-0.25, -0.2) is 0 Å². The Morgan fingerprint density at radius 3 is 2.95 bits per heavy atom. The van der Waals surface area contributed by atoms with Crippen LogP contribution in [0.5, 0.6) is 0 Å². The number of nitrogens with one attached hydrogen (secondary N) is 1. The Morgan fingerprint density at radius 1 is 1.53 bits per heavy atom. The molecule has 1 aromatic rings. The highest BCUT2D eigenvalue weighted by atomic mass is 32.1. The molecule has 3 nitrogen and oxygen atoms in total. The maximum Gasteiger partial charge on any atom is 0.0709 e. The topological polar surface area (TPSA) is 41.5 Å². The first-order chi connectivity index (χ1) is 8.90. The first-order valence-corrected chi connectivity index (χ1v) is 7.91. The Labute approximate surface area is 120 Å². The van der Waals surface area contributed by atoms with Crippen LogP contribution in [0.25, 0.3) is 0 Å². The average Bonchev–Trinajstić information content (AvgIpc) is 2.80. The highest BCUT2D eigenvalue weighted by Crippen LogP contribution is 2.34. The summed E-state index contributed by atoms with van der Waals surface area (Å²) in [6.07, 6.45) is 2.25. The molecule has 0 radical (unpaired) electrons. The van der Waals surface area contributed by atoms with Crippen molar-refractivity contribution in [2.24, 2.45) is 0 Å². The molecule has 0 amide bonds. The largest absolute Gasteiger partial charge is 0.390 e. The molecular formula is C15H25NO2S. The molecular weight excluding hydrogens is 258 g/mol. The lowest BCUT2D eigenvalue weighted by Gasteiger charge is -2.41. The van der Waals surface area contributed by atoms with Crippen LogP contribution in [-0.2, 0) is 4.74 Å². The molecule has 2 N–H and O–H groups in total. The quantitative estimate of drug-likeness (QED) is 0.872. The van der Waals surface area contributed by atoms with Gasteiger partial charge >= 0.3 is 0 Å². The molecule has 0 bridgehead atoms. The number of hydrogen-bond donors (Lipinski definition) is 2. The molecule has 0 aromatic carbocycles. The summed E-state index contributed by atoms with van der Waals surface area (Å²) in [6, 6.07) is 4.58. The summed E-state index contributed by atoms with van der Waals surface area (Å²) in [4.78, 5) is 1.35. The van der Waals surface area contributed by atoms with Crippen LogP contribution in [0.15, 0.2) is 17.5 Å². The fraction of sp³-hybridized carbons (Fsp3) is 0.733. The van der Waals surface area contributed by atoms with E-state index in [-0.39, 0.29) is 5.60 Å². The molecule has 0 unspecified atom stereocenters. The molecule has 1 aliphatic heterocycles. The second-order valence-corrected chi connectivity index (χ2v) is 7.18. The summed E-state index contributed by atoms with van der Waals surface area (Å²) < 4.78 is 5.67. The highest BCUT2D eigenvalue weighted by Gasteiger charge is 2.38. The van der Waals surface area contributed by atoms with Crippen LogP contribution in [0.1, 0.15) is 51.0 Å². The fourth-order valence-electron chi connectivity index (χ4n) is 2.82. The lowest BCUT2D eigenvalue weighted by atomic mass is 9.82. The second kappa shape index (κ2) is 5.92. The third-order valence-electron chi connectivity index (χ3n) is 3.83. The second-order valence-electron chi connectivity index (χ2n) is 6.20. The molecule has 1 fully saturated rings. The molecule has 4 heteroatoms. The van der Waals surface area contributed by atoms with Gasteiger partial charge in [-0.05, 0) is 51.6 Å². The summed E-state index contributed by atoms with van der Waals surface area (Å²) in [5, 5.41) is 16.2. The molecule has 0 saturated carbocycles. The van der Waals surface area contributed by atoms with Crippen LogP contribution in [-0.4, -0.2) is 29.5 Å². The van der Waals surface area contributed by atoms with E-state index in [2.05, 4.69) is 43.6 Å². The van der Waals surface area contributed by atoms with Crippen LogP contribution in [0.2, 0.25) is 0 Å². The number of rotatable bonds is 5. The van der Waals surface area contributed by atoms with Gasteiger partial charge in [0, 0.05) is 17.3 Å². The van der Waals surface area contributed by atoms with E-state index in [1.54, 1.807) is 11.3 Å². The van der Waals surface area contributed by atoms with Gasteiger partial charge in [-0.15, -0.1) is 11.3 Å². The van der Waals surface area contributed by atoms with E-state index >= 15 is 0 Å². The number of ether oxygens (including phenoxy) is 1. The smallest absolute Gasteiger partial charge is 0.0709 e. The van der Waals surface area contributed by atoms with Crippen molar-refractivity contribution in [1.29, 1.82) is 0 Å². The van der Waals surface area contributed by atoms with Crippen molar-refractivity contribution in [2.45, 2.75) is 57.3 Å². The predicted octanol–water partition coefficient (Wildman–Crippen LogP) is 3.11. The molecule has 2 rings (SSSR count). The molecule has 2 atom stereocenters. The molecule has 1 aromatic heterocycles. The average molecular weight is 283 g/mol. The van der Waals surface area contributed by atoms with Crippen molar-refractivity contribution >= 4 is 11.3 Å².